The van der Waals surface area contributed by atoms with E-state index in [1.165, 1.54) is 0 Å². The van der Waals surface area contributed by atoms with Gasteiger partial charge in [-0.1, -0.05) is 6.07 Å². The summed E-state index contributed by atoms with van der Waals surface area (Å²) in [4.78, 5) is 4.00. The zero-order chi connectivity index (χ0) is 13.6. The molecule has 1 atom stereocenters. The topological polar surface area (TPSA) is 69.6 Å². The molecule has 0 aromatic carbocycles. The van der Waals surface area contributed by atoms with Crippen molar-refractivity contribution in [1.82, 2.24) is 19.7 Å². The maximum atomic E-state index is 13.0. The van der Waals surface area contributed by atoms with Gasteiger partial charge >= 0.3 is 6.18 Å². The van der Waals surface area contributed by atoms with Crippen LogP contribution in [0.3, 0.4) is 0 Å². The van der Waals surface area contributed by atoms with E-state index in [2.05, 4.69) is 15.2 Å². The van der Waals surface area contributed by atoms with E-state index < -0.39 is 12.2 Å². The highest BCUT2D eigenvalue weighted by atomic mass is 19.4. The molecule has 100 valence electrons. The van der Waals surface area contributed by atoms with E-state index in [1.807, 2.05) is 0 Å². The van der Waals surface area contributed by atoms with Crippen LogP contribution in [0, 0.1) is 0 Å². The van der Waals surface area contributed by atoms with Crippen molar-refractivity contribution >= 4 is 5.82 Å². The van der Waals surface area contributed by atoms with Crippen LogP contribution in [0.1, 0.15) is 18.3 Å². The minimum atomic E-state index is -4.32. The van der Waals surface area contributed by atoms with Crippen molar-refractivity contribution in [2.75, 3.05) is 5.73 Å². The minimum Gasteiger partial charge on any atom is -0.384 e. The van der Waals surface area contributed by atoms with Crippen LogP contribution >= 0.6 is 0 Å². The Bertz CT molecular complexity index is 619. The molecule has 8 heteroatoms. The number of aryl methyl sites for hydroxylation is 1. The molecule has 1 aliphatic rings. The van der Waals surface area contributed by atoms with Crippen LogP contribution in [0.4, 0.5) is 19.0 Å². The smallest absolute Gasteiger partial charge is 0.384 e. The molecule has 2 aromatic rings. The Morgan fingerprint density at radius 2 is 2.05 bits per heavy atom. The minimum absolute atomic E-state index is 0.0102. The van der Waals surface area contributed by atoms with Crippen LogP contribution < -0.4 is 5.73 Å². The molecule has 19 heavy (non-hydrogen) atoms. The molecule has 0 saturated carbocycles. The van der Waals surface area contributed by atoms with Crippen molar-refractivity contribution in [3.8, 4) is 11.5 Å². The first-order chi connectivity index (χ1) is 8.97. The number of nitrogens with zero attached hydrogens (tertiary/aromatic N) is 4. The molecule has 1 aliphatic heterocycles. The normalized spacial score (nSPS) is 18.6. The third-order valence-corrected chi connectivity index (χ3v) is 3.10. The van der Waals surface area contributed by atoms with Crippen LogP contribution in [0.15, 0.2) is 18.2 Å². The van der Waals surface area contributed by atoms with Crippen molar-refractivity contribution in [3.05, 3.63) is 24.0 Å². The molecule has 2 aromatic heterocycles. The summed E-state index contributed by atoms with van der Waals surface area (Å²) in [6.07, 6.45) is -4.06. The Balaban J connectivity index is 2.11. The monoisotopic (exact) mass is 269 g/mol. The second-order valence-corrected chi connectivity index (χ2v) is 4.35. The van der Waals surface area contributed by atoms with Gasteiger partial charge in [-0.3, -0.25) is 4.57 Å². The Kier molecular flexibility index (Phi) is 2.48. The number of hydrogen-bond acceptors (Lipinski definition) is 4. The van der Waals surface area contributed by atoms with E-state index in [1.54, 1.807) is 18.2 Å². The molecule has 0 fully saturated rings. The number of rotatable bonds is 1. The maximum absolute atomic E-state index is 13.0. The maximum Gasteiger partial charge on any atom is 0.409 e. The lowest BCUT2D eigenvalue weighted by atomic mass is 10.2. The lowest BCUT2D eigenvalue weighted by Gasteiger charge is -2.18. The fourth-order valence-corrected chi connectivity index (χ4v) is 2.28. The van der Waals surface area contributed by atoms with E-state index >= 15 is 0 Å². The predicted octanol–water partition coefficient (Wildman–Crippen LogP) is 1.97. The number of fused-ring (bicyclic) bond motifs is 1. The van der Waals surface area contributed by atoms with Crippen LogP contribution in [-0.4, -0.2) is 25.9 Å². The van der Waals surface area contributed by atoms with E-state index in [0.29, 0.717) is 11.5 Å². The van der Waals surface area contributed by atoms with Gasteiger partial charge in [0.2, 0.25) is 0 Å². The molecular weight excluding hydrogens is 259 g/mol. The summed E-state index contributed by atoms with van der Waals surface area (Å²) >= 11 is 0. The molecule has 0 bridgehead atoms. The fourth-order valence-electron chi connectivity index (χ4n) is 2.28. The van der Waals surface area contributed by atoms with Crippen molar-refractivity contribution in [2.24, 2.45) is 0 Å². The molecule has 0 radical (unpaired) electrons. The Hall–Kier alpha value is -2.12. The van der Waals surface area contributed by atoms with Gasteiger partial charge in [0.15, 0.2) is 5.82 Å². The van der Waals surface area contributed by atoms with Gasteiger partial charge in [-0.05, 0) is 18.6 Å². The standard InChI is InChI=1S/C11H10F3N5/c12-11(13,14)7-4-5-9-17-18-10(19(7)9)6-2-1-3-8(15)16-6/h1-3,7H,4-5H2,(H2,15,16). The highest BCUT2D eigenvalue weighted by molar-refractivity contribution is 5.53. The Labute approximate surface area is 106 Å². The van der Waals surface area contributed by atoms with Crippen LogP contribution in [-0.2, 0) is 6.42 Å². The molecule has 3 heterocycles. The molecule has 3 rings (SSSR count). The van der Waals surface area contributed by atoms with E-state index in [9.17, 15) is 13.2 Å². The molecule has 2 N–H and O–H groups in total. The van der Waals surface area contributed by atoms with Gasteiger partial charge in [-0.15, -0.1) is 10.2 Å². The van der Waals surface area contributed by atoms with Crippen molar-refractivity contribution in [1.29, 1.82) is 0 Å². The fraction of sp³-hybridized carbons (Fsp3) is 0.364. The van der Waals surface area contributed by atoms with Gasteiger partial charge in [0.1, 0.15) is 23.4 Å². The molecule has 5 nitrogen and oxygen atoms in total. The Morgan fingerprint density at radius 1 is 1.26 bits per heavy atom. The van der Waals surface area contributed by atoms with Gasteiger partial charge < -0.3 is 5.73 Å². The zero-order valence-corrected chi connectivity index (χ0v) is 9.72. The Morgan fingerprint density at radius 3 is 2.74 bits per heavy atom. The summed E-state index contributed by atoms with van der Waals surface area (Å²) in [5, 5.41) is 7.61. The average molecular weight is 269 g/mol. The molecule has 0 aliphatic carbocycles. The van der Waals surface area contributed by atoms with Crippen molar-refractivity contribution < 1.29 is 13.2 Å². The third kappa shape index (κ3) is 1.92. The van der Waals surface area contributed by atoms with Crippen LogP contribution in [0.2, 0.25) is 0 Å². The molecule has 0 spiro atoms. The first-order valence-electron chi connectivity index (χ1n) is 5.70. The molecule has 1 unspecified atom stereocenters. The molecule has 0 amide bonds. The summed E-state index contributed by atoms with van der Waals surface area (Å²) in [5.74, 6) is 0.681. The SMILES string of the molecule is Nc1cccc(-c2nnc3n2C(C(F)(F)F)CC3)n1. The molecule has 0 saturated heterocycles. The highest BCUT2D eigenvalue weighted by Gasteiger charge is 2.46. The highest BCUT2D eigenvalue weighted by Crippen LogP contribution is 2.41. The predicted molar refractivity (Wildman–Crippen MR) is 61.1 cm³/mol. The van der Waals surface area contributed by atoms with Gasteiger partial charge in [0.05, 0.1) is 0 Å². The van der Waals surface area contributed by atoms with Gasteiger partial charge in [0, 0.05) is 6.42 Å². The average Bonchev–Trinajstić information content (AvgIpc) is 2.87. The first-order valence-corrected chi connectivity index (χ1v) is 5.70. The molecular formula is C11H10F3N5. The summed E-state index contributed by atoms with van der Waals surface area (Å²) in [7, 11) is 0. The van der Waals surface area contributed by atoms with E-state index in [-0.39, 0.29) is 24.5 Å². The lowest BCUT2D eigenvalue weighted by Crippen LogP contribution is -2.24. The van der Waals surface area contributed by atoms with Gasteiger partial charge in [0.25, 0.3) is 0 Å². The number of halogens is 3. The number of pyridine rings is 1. The number of anilines is 1. The zero-order valence-electron chi connectivity index (χ0n) is 9.72. The summed E-state index contributed by atoms with van der Waals surface area (Å²) < 4.78 is 40.0. The van der Waals surface area contributed by atoms with Crippen LogP contribution in [0.5, 0.6) is 0 Å². The second-order valence-electron chi connectivity index (χ2n) is 4.35. The number of aromatic nitrogens is 4. The summed E-state index contributed by atoms with van der Waals surface area (Å²) in [6.45, 7) is 0. The van der Waals surface area contributed by atoms with Crippen molar-refractivity contribution in [3.63, 3.8) is 0 Å². The lowest BCUT2D eigenvalue weighted by molar-refractivity contribution is -0.165. The van der Waals surface area contributed by atoms with Gasteiger partial charge in [-0.2, -0.15) is 13.2 Å². The number of nitrogens with two attached hydrogens (primary N) is 1. The number of nitrogen functional groups attached to an aromatic ring is 1. The van der Waals surface area contributed by atoms with Crippen LogP contribution in [0.25, 0.3) is 11.5 Å². The quantitative estimate of drug-likeness (QED) is 0.859. The summed E-state index contributed by atoms with van der Waals surface area (Å²) in [6, 6.07) is 3.16. The third-order valence-electron chi connectivity index (χ3n) is 3.10. The first kappa shape index (κ1) is 11.9. The number of alkyl halides is 3. The second kappa shape index (κ2) is 3.94. The van der Waals surface area contributed by atoms with E-state index in [4.69, 9.17) is 5.73 Å². The summed E-state index contributed by atoms with van der Waals surface area (Å²) in [5.41, 5.74) is 5.84. The largest absolute Gasteiger partial charge is 0.409 e. The van der Waals surface area contributed by atoms with Gasteiger partial charge in [-0.25, -0.2) is 4.98 Å². The van der Waals surface area contributed by atoms with E-state index in [0.717, 1.165) is 4.57 Å². The van der Waals surface area contributed by atoms with Crippen molar-refractivity contribution in [2.45, 2.75) is 25.1 Å². The number of hydrogen-bond donors (Lipinski definition) is 1.